The molecular weight excluding hydrogens is 568 g/mol. The number of fused-ring (bicyclic) bond motifs is 2. The van der Waals surface area contributed by atoms with Gasteiger partial charge in [-0.1, -0.05) is 36.4 Å². The van der Waals surface area contributed by atoms with Crippen molar-refractivity contribution >= 4 is 51.5 Å². The van der Waals surface area contributed by atoms with E-state index in [4.69, 9.17) is 10.8 Å². The molecule has 4 atom stereocenters. The van der Waals surface area contributed by atoms with Gasteiger partial charge in [0.15, 0.2) is 0 Å². The minimum absolute atomic E-state index is 0.0108. The molecule has 5 rings (SSSR count). The van der Waals surface area contributed by atoms with Crippen LogP contribution in [0.5, 0.6) is 0 Å². The maximum atomic E-state index is 13.9. The number of benzene rings is 2. The Kier molecular flexibility index (Phi) is 8.95. The Morgan fingerprint density at radius 2 is 1.39 bits per heavy atom. The molecule has 0 aliphatic carbocycles. The molecule has 4 aromatic rings. The third-order valence-electron chi connectivity index (χ3n) is 8.00. The molecule has 1 saturated heterocycles. The lowest BCUT2D eigenvalue weighted by molar-refractivity contribution is -0.149. The number of nitrogens with two attached hydrogens (primary N) is 1. The van der Waals surface area contributed by atoms with Gasteiger partial charge in [0.05, 0.1) is 12.5 Å². The van der Waals surface area contributed by atoms with Gasteiger partial charge in [-0.25, -0.2) is 4.79 Å². The number of nitrogens with one attached hydrogen (secondary N) is 4. The minimum atomic E-state index is -1.41. The number of hydrogen-bond donors (Lipinski definition) is 7. The fourth-order valence-electron chi connectivity index (χ4n) is 5.77. The highest BCUT2D eigenvalue weighted by Gasteiger charge is 2.39. The van der Waals surface area contributed by atoms with Gasteiger partial charge in [-0.2, -0.15) is 0 Å². The molecule has 44 heavy (non-hydrogen) atoms. The lowest BCUT2D eigenvalue weighted by Crippen LogP contribution is -2.58. The molecule has 3 amide bonds. The van der Waals surface area contributed by atoms with Crippen LogP contribution in [0.4, 0.5) is 0 Å². The van der Waals surface area contributed by atoms with E-state index in [1.807, 2.05) is 48.5 Å². The van der Waals surface area contributed by atoms with Gasteiger partial charge in [-0.15, -0.1) is 0 Å². The van der Waals surface area contributed by atoms with E-state index in [0.29, 0.717) is 18.4 Å². The van der Waals surface area contributed by atoms with Crippen molar-refractivity contribution in [3.8, 4) is 0 Å². The van der Waals surface area contributed by atoms with Crippen molar-refractivity contribution in [2.24, 2.45) is 5.73 Å². The average Bonchev–Trinajstić information content (AvgIpc) is 3.75. The van der Waals surface area contributed by atoms with Gasteiger partial charge in [0.1, 0.15) is 18.1 Å². The van der Waals surface area contributed by atoms with E-state index in [0.717, 1.165) is 27.4 Å². The van der Waals surface area contributed by atoms with E-state index in [1.165, 1.54) is 4.90 Å². The van der Waals surface area contributed by atoms with Crippen molar-refractivity contribution < 1.29 is 34.2 Å². The number of carbonyl (C=O) groups excluding carboxylic acids is 3. The van der Waals surface area contributed by atoms with Crippen LogP contribution in [0, 0.1) is 0 Å². The molecule has 1 aliphatic heterocycles. The number of hydrogen-bond acceptors (Lipinski definition) is 6. The summed E-state index contributed by atoms with van der Waals surface area (Å²) < 4.78 is 0. The summed E-state index contributed by atoms with van der Waals surface area (Å²) in [6.07, 6.45) is 3.70. The first-order valence-corrected chi connectivity index (χ1v) is 14.3. The Bertz CT molecular complexity index is 1710. The zero-order valence-electron chi connectivity index (χ0n) is 23.8. The van der Waals surface area contributed by atoms with Gasteiger partial charge in [0.2, 0.25) is 17.7 Å². The van der Waals surface area contributed by atoms with Crippen molar-refractivity contribution in [3.63, 3.8) is 0 Å². The Hall–Kier alpha value is -5.17. The first kappa shape index (κ1) is 30.3. The number of rotatable bonds is 12. The van der Waals surface area contributed by atoms with Crippen LogP contribution < -0.4 is 16.4 Å². The van der Waals surface area contributed by atoms with Crippen molar-refractivity contribution in [1.82, 2.24) is 25.5 Å². The lowest BCUT2D eigenvalue weighted by Gasteiger charge is -2.29. The van der Waals surface area contributed by atoms with E-state index in [-0.39, 0.29) is 19.4 Å². The quantitative estimate of drug-likeness (QED) is 0.125. The maximum absolute atomic E-state index is 13.9. The zero-order valence-corrected chi connectivity index (χ0v) is 23.8. The third-order valence-corrected chi connectivity index (χ3v) is 8.00. The monoisotopic (exact) mass is 602 g/mol. The Labute approximate surface area is 251 Å². The predicted octanol–water partition coefficient (Wildman–Crippen LogP) is 1.28. The number of carboxylic acid groups (broad SMARTS) is 2. The van der Waals surface area contributed by atoms with Gasteiger partial charge < -0.3 is 41.4 Å². The summed E-state index contributed by atoms with van der Waals surface area (Å²) >= 11 is 0. The molecule has 0 bridgehead atoms. The zero-order chi connectivity index (χ0) is 31.4. The lowest BCUT2D eigenvalue weighted by atomic mass is 10.0. The molecule has 13 heteroatoms. The number of carboxylic acids is 2. The third kappa shape index (κ3) is 6.57. The Balaban J connectivity index is 1.45. The highest BCUT2D eigenvalue weighted by atomic mass is 16.4. The average molecular weight is 603 g/mol. The number of amides is 3. The topological polar surface area (TPSA) is 211 Å². The van der Waals surface area contributed by atoms with Crippen LogP contribution in [0.2, 0.25) is 0 Å². The van der Waals surface area contributed by atoms with Gasteiger partial charge in [-0.05, 0) is 36.1 Å². The van der Waals surface area contributed by atoms with E-state index >= 15 is 0 Å². The predicted molar refractivity (Wildman–Crippen MR) is 160 cm³/mol. The number of aromatic nitrogens is 2. The van der Waals surface area contributed by atoms with Crippen molar-refractivity contribution in [1.29, 1.82) is 0 Å². The molecule has 0 saturated carbocycles. The van der Waals surface area contributed by atoms with Crippen LogP contribution in [0.1, 0.15) is 30.4 Å². The molecule has 2 aromatic carbocycles. The van der Waals surface area contributed by atoms with Crippen molar-refractivity contribution in [3.05, 3.63) is 72.1 Å². The summed E-state index contributed by atoms with van der Waals surface area (Å²) in [5.74, 6) is -4.47. The summed E-state index contributed by atoms with van der Waals surface area (Å²) in [4.78, 5) is 71.4. The molecule has 13 nitrogen and oxygen atoms in total. The summed E-state index contributed by atoms with van der Waals surface area (Å²) in [6, 6.07) is 10.1. The fraction of sp³-hybridized carbons (Fsp3) is 0.323. The van der Waals surface area contributed by atoms with Gasteiger partial charge in [0, 0.05) is 53.6 Å². The number of carbonyl (C=O) groups is 5. The van der Waals surface area contributed by atoms with E-state index in [2.05, 4.69) is 20.6 Å². The molecule has 2 aromatic heterocycles. The second-order valence-electron chi connectivity index (χ2n) is 11.0. The molecule has 230 valence electrons. The Morgan fingerprint density at radius 3 is 1.95 bits per heavy atom. The molecular formula is C31H34N6O7. The smallest absolute Gasteiger partial charge is 0.326 e. The molecule has 0 spiro atoms. The van der Waals surface area contributed by atoms with Crippen LogP contribution in [0.15, 0.2) is 60.9 Å². The number of likely N-dealkylation sites (tertiary alicyclic amines) is 1. The van der Waals surface area contributed by atoms with Gasteiger partial charge in [0.25, 0.3) is 0 Å². The van der Waals surface area contributed by atoms with Crippen LogP contribution in [0.3, 0.4) is 0 Å². The van der Waals surface area contributed by atoms with Crippen LogP contribution in [-0.4, -0.2) is 85.5 Å². The van der Waals surface area contributed by atoms with Crippen LogP contribution in [-0.2, 0) is 36.8 Å². The van der Waals surface area contributed by atoms with Crippen LogP contribution >= 0.6 is 0 Å². The molecule has 8 N–H and O–H groups in total. The van der Waals surface area contributed by atoms with Crippen LogP contribution in [0.25, 0.3) is 21.8 Å². The van der Waals surface area contributed by atoms with Gasteiger partial charge >= 0.3 is 11.9 Å². The molecule has 0 unspecified atom stereocenters. The molecule has 1 aliphatic rings. The molecule has 1 fully saturated rings. The minimum Gasteiger partial charge on any atom is -0.481 e. The summed E-state index contributed by atoms with van der Waals surface area (Å²) in [5, 5.41) is 25.9. The highest BCUT2D eigenvalue weighted by molar-refractivity contribution is 5.96. The van der Waals surface area contributed by atoms with E-state index < -0.39 is 60.2 Å². The number of para-hydroxylation sites is 2. The first-order chi connectivity index (χ1) is 21.1. The summed E-state index contributed by atoms with van der Waals surface area (Å²) in [7, 11) is 0. The molecule has 3 heterocycles. The first-order valence-electron chi connectivity index (χ1n) is 14.3. The highest BCUT2D eigenvalue weighted by Crippen LogP contribution is 2.24. The number of aromatic amines is 2. The van der Waals surface area contributed by atoms with Gasteiger partial charge in [-0.3, -0.25) is 19.2 Å². The number of nitrogens with zero attached hydrogens (tertiary/aromatic N) is 1. The van der Waals surface area contributed by atoms with Crippen molar-refractivity contribution in [2.75, 3.05) is 6.54 Å². The fourth-order valence-corrected chi connectivity index (χ4v) is 5.77. The SMILES string of the molecule is N[C@@H](CC(=O)O)C(=O)N[C@@H](Cc1c[nH]c2ccccc12)C(=O)N[C@@H](Cc1c[nH]c2ccccc12)C(=O)N1CCC[C@H]1C(=O)O. The normalized spacial score (nSPS) is 16.8. The van der Waals surface area contributed by atoms with Crippen molar-refractivity contribution in [2.45, 2.75) is 56.3 Å². The maximum Gasteiger partial charge on any atom is 0.326 e. The van der Waals surface area contributed by atoms with E-state index in [9.17, 15) is 29.1 Å². The number of aliphatic carboxylic acids is 2. The largest absolute Gasteiger partial charge is 0.481 e. The second-order valence-corrected chi connectivity index (χ2v) is 11.0. The standard InChI is InChI=1S/C31H34N6O7/c32-21(14-27(38)39)28(40)35-24(12-17-15-33-22-8-3-1-6-19(17)22)29(41)36-25(30(42)37-11-5-10-26(37)31(43)44)13-18-16-34-23-9-4-2-7-20(18)23/h1-4,6-9,15-16,21,24-26,33-34H,5,10-14,32H2,(H,35,40)(H,36,41)(H,38,39)(H,43,44)/t21-,24-,25-,26-/m0/s1. The second kappa shape index (κ2) is 13.0. The summed E-state index contributed by atoms with van der Waals surface area (Å²) in [5.41, 5.74) is 8.90. The Morgan fingerprint density at radius 1 is 0.841 bits per heavy atom. The number of H-pyrrole nitrogens is 2. The van der Waals surface area contributed by atoms with E-state index in [1.54, 1.807) is 12.4 Å². The summed E-state index contributed by atoms with van der Waals surface area (Å²) in [6.45, 7) is 0.232. The molecule has 0 radical (unpaired) electrons.